The van der Waals surface area contributed by atoms with Gasteiger partial charge < -0.3 is 0 Å². The lowest BCUT2D eigenvalue weighted by molar-refractivity contribution is -0.0475. The molecule has 9 atom stereocenters. The summed E-state index contributed by atoms with van der Waals surface area (Å²) in [5.74, 6) is 0. The predicted molar refractivity (Wildman–Crippen MR) is 158 cm³/mol. The highest BCUT2D eigenvalue weighted by molar-refractivity contribution is 7.86. The van der Waals surface area contributed by atoms with Gasteiger partial charge in [-0.05, 0) is 6.42 Å². The van der Waals surface area contributed by atoms with Gasteiger partial charge in [0, 0.05) is 6.42 Å². The average Bonchev–Trinajstić information content (AvgIpc) is 2.99. The minimum absolute atomic E-state index is 0.0144. The van der Waals surface area contributed by atoms with Crippen LogP contribution in [0.3, 0.4) is 0 Å². The molecule has 0 aliphatic heterocycles. The van der Waals surface area contributed by atoms with Crippen molar-refractivity contribution in [2.75, 3.05) is 6.67 Å². The topological polar surface area (TPSA) is 54.4 Å². The number of hydrogen-bond acceptors (Lipinski definition) is 2. The Morgan fingerprint density at radius 3 is 1.07 bits per heavy atom. The molecule has 0 amide bonds. The normalized spacial score (nSPS) is 18.7. The molecule has 0 radical (unpaired) electrons. The Labute approximate surface area is 259 Å². The first-order chi connectivity index (χ1) is 20.8. The summed E-state index contributed by atoms with van der Waals surface area (Å²) in [5.41, 5.74) is 0. The molecule has 0 bridgehead atoms. The van der Waals surface area contributed by atoms with Crippen molar-refractivity contribution >= 4 is 10.1 Å². The minimum Gasteiger partial charge on any atom is -0.285 e. The lowest BCUT2D eigenvalue weighted by Crippen LogP contribution is -2.49. The average molecular weight is 679 g/mol. The fourth-order valence-electron chi connectivity index (χ4n) is 5.27. The molecule has 0 aromatic carbocycles. The van der Waals surface area contributed by atoms with Crippen LogP contribution in [0.1, 0.15) is 135 Å². The zero-order valence-corrected chi connectivity index (χ0v) is 26.9. The summed E-state index contributed by atoms with van der Waals surface area (Å²) in [7, 11) is -5.28. The van der Waals surface area contributed by atoms with Gasteiger partial charge in [0.25, 0.3) is 10.1 Å². The molecule has 266 valence electrons. The Morgan fingerprint density at radius 2 is 0.750 bits per heavy atom. The van der Waals surface area contributed by atoms with Crippen molar-refractivity contribution in [2.24, 2.45) is 0 Å². The van der Waals surface area contributed by atoms with E-state index in [0.717, 1.165) is 32.1 Å². The second kappa shape index (κ2) is 25.4. The molecular formula is C31H55F9O3S. The summed E-state index contributed by atoms with van der Waals surface area (Å²) in [6.45, 7) is 0.767. The smallest absolute Gasteiger partial charge is 0.270 e. The quantitative estimate of drug-likeness (QED) is 0.0467. The first kappa shape index (κ1) is 43.3. The van der Waals surface area contributed by atoms with Crippen LogP contribution in [-0.2, 0) is 10.1 Å². The van der Waals surface area contributed by atoms with Gasteiger partial charge in [-0.3, -0.25) is 8.94 Å². The maximum Gasteiger partial charge on any atom is 0.270 e. The van der Waals surface area contributed by atoms with E-state index in [4.69, 9.17) is 0 Å². The van der Waals surface area contributed by atoms with Gasteiger partial charge in [-0.2, -0.15) is 8.42 Å². The summed E-state index contributed by atoms with van der Waals surface area (Å²) < 4.78 is 157. The van der Waals surface area contributed by atoms with Crippen molar-refractivity contribution in [3.63, 3.8) is 0 Å². The van der Waals surface area contributed by atoms with E-state index in [1.807, 2.05) is 0 Å². The van der Waals surface area contributed by atoms with E-state index < -0.39 is 84.3 Å². The largest absolute Gasteiger partial charge is 0.285 e. The van der Waals surface area contributed by atoms with Crippen LogP contribution in [0.2, 0.25) is 0 Å². The van der Waals surface area contributed by atoms with Gasteiger partial charge in [0.15, 0.2) is 43.2 Å². The summed E-state index contributed by atoms with van der Waals surface area (Å²) in [4.78, 5) is 0. The first-order valence-corrected chi connectivity index (χ1v) is 18.0. The van der Waals surface area contributed by atoms with Crippen LogP contribution < -0.4 is 0 Å². The molecule has 3 nitrogen and oxygen atoms in total. The second-order valence-corrected chi connectivity index (χ2v) is 13.6. The van der Waals surface area contributed by atoms with Crippen molar-refractivity contribution in [1.82, 2.24) is 0 Å². The van der Waals surface area contributed by atoms with Gasteiger partial charge in [-0.25, -0.2) is 35.1 Å². The molecule has 13 heteroatoms. The van der Waals surface area contributed by atoms with E-state index in [1.165, 1.54) is 64.2 Å². The van der Waals surface area contributed by atoms with Gasteiger partial charge >= 0.3 is 0 Å². The number of rotatable bonds is 30. The summed E-state index contributed by atoms with van der Waals surface area (Å²) >= 11 is 0. The van der Waals surface area contributed by atoms with E-state index in [9.17, 15) is 52.5 Å². The highest BCUT2D eigenvalue weighted by atomic mass is 32.2. The van der Waals surface area contributed by atoms with Crippen molar-refractivity contribution in [1.29, 1.82) is 0 Å². The zero-order valence-electron chi connectivity index (χ0n) is 26.1. The second-order valence-electron chi connectivity index (χ2n) is 12.0. The predicted octanol–water partition coefficient (Wildman–Crippen LogP) is 10.7. The Hall–Kier alpha value is -0.720. The van der Waals surface area contributed by atoms with Crippen LogP contribution in [0.4, 0.5) is 39.5 Å². The van der Waals surface area contributed by atoms with E-state index in [2.05, 4.69) is 6.92 Å². The molecule has 0 aromatic rings. The van der Waals surface area contributed by atoms with Crippen LogP contribution in [-0.4, -0.2) is 74.3 Å². The maximum atomic E-state index is 14.6. The molecular weight excluding hydrogens is 623 g/mol. The zero-order chi connectivity index (χ0) is 33.5. The Kier molecular flexibility index (Phi) is 25.0. The summed E-state index contributed by atoms with van der Waals surface area (Å²) in [6.07, 6.45) is -11.1. The third-order valence-electron chi connectivity index (χ3n) is 8.14. The van der Waals surface area contributed by atoms with Crippen molar-refractivity contribution in [2.45, 2.75) is 190 Å². The van der Waals surface area contributed by atoms with Crippen LogP contribution in [0.25, 0.3) is 0 Å². The standard InChI is InChI=1S/C31H55F9O3S/c1-2-3-4-5-6-7-8-9-10-11-12-13-14-15-16-17-18-19-20-24(44(41,42)43)26(35)28(37)30(39)31(40)29(38)27(36)25(34)23(33)21-22-32/h23-31H,2-22H2,1H3,(H,41,42,43). The van der Waals surface area contributed by atoms with E-state index >= 15 is 0 Å². The van der Waals surface area contributed by atoms with E-state index in [1.54, 1.807) is 0 Å². The number of hydrogen-bond donors (Lipinski definition) is 1. The molecule has 0 aliphatic carbocycles. The Balaban J connectivity index is 4.34. The van der Waals surface area contributed by atoms with Gasteiger partial charge in [-0.15, -0.1) is 0 Å². The molecule has 0 aromatic heterocycles. The first-order valence-electron chi connectivity index (χ1n) is 16.5. The maximum absolute atomic E-state index is 14.6. The van der Waals surface area contributed by atoms with E-state index in [-0.39, 0.29) is 6.42 Å². The number of halogens is 9. The Bertz CT molecular complexity index is 780. The van der Waals surface area contributed by atoms with Crippen molar-refractivity contribution in [3.05, 3.63) is 0 Å². The van der Waals surface area contributed by atoms with Crippen molar-refractivity contribution < 1.29 is 52.5 Å². The molecule has 0 rings (SSSR count). The lowest BCUT2D eigenvalue weighted by Gasteiger charge is -2.28. The number of alkyl halides is 9. The molecule has 0 saturated heterocycles. The van der Waals surface area contributed by atoms with Gasteiger partial charge in [0.1, 0.15) is 11.4 Å². The van der Waals surface area contributed by atoms with Gasteiger partial charge in [-0.1, -0.05) is 122 Å². The van der Waals surface area contributed by atoms with Crippen LogP contribution in [0.15, 0.2) is 0 Å². The summed E-state index contributed by atoms with van der Waals surface area (Å²) in [6, 6.07) is 0. The van der Waals surface area contributed by atoms with Gasteiger partial charge in [0.2, 0.25) is 0 Å². The summed E-state index contributed by atoms with van der Waals surface area (Å²) in [5, 5.41) is -2.49. The van der Waals surface area contributed by atoms with Gasteiger partial charge in [0.05, 0.1) is 6.67 Å². The fourth-order valence-corrected chi connectivity index (χ4v) is 6.21. The monoisotopic (exact) mass is 678 g/mol. The Morgan fingerprint density at radius 1 is 0.455 bits per heavy atom. The third-order valence-corrected chi connectivity index (χ3v) is 9.40. The molecule has 0 aliphatic rings. The highest BCUT2D eigenvalue weighted by Gasteiger charge is 2.49. The molecule has 0 fully saturated rings. The lowest BCUT2D eigenvalue weighted by atomic mass is 9.95. The third kappa shape index (κ3) is 18.4. The fraction of sp³-hybridized carbons (Fsp3) is 1.00. The highest BCUT2D eigenvalue weighted by Crippen LogP contribution is 2.31. The van der Waals surface area contributed by atoms with Crippen LogP contribution in [0.5, 0.6) is 0 Å². The molecule has 0 heterocycles. The van der Waals surface area contributed by atoms with E-state index in [0.29, 0.717) is 12.8 Å². The molecule has 1 N–H and O–H groups in total. The minimum atomic E-state index is -5.28. The molecule has 0 saturated carbocycles. The van der Waals surface area contributed by atoms with Crippen LogP contribution >= 0.6 is 0 Å². The molecule has 44 heavy (non-hydrogen) atoms. The van der Waals surface area contributed by atoms with Crippen LogP contribution in [0, 0.1) is 0 Å². The SMILES string of the molecule is CCCCCCCCCCCCCCCCCCCCC(C(F)C(F)C(F)C(F)C(F)C(F)C(F)C(F)CCF)S(=O)(=O)O. The van der Waals surface area contributed by atoms with Crippen molar-refractivity contribution in [3.8, 4) is 0 Å². The molecule has 0 spiro atoms. The number of unbranched alkanes of at least 4 members (excludes halogenated alkanes) is 17. The molecule has 9 unspecified atom stereocenters.